The van der Waals surface area contributed by atoms with Gasteiger partial charge >= 0.3 is 0 Å². The zero-order valence-electron chi connectivity index (χ0n) is 13.2. The van der Waals surface area contributed by atoms with E-state index in [1.807, 2.05) is 30.3 Å². The van der Waals surface area contributed by atoms with Gasteiger partial charge in [-0.15, -0.1) is 11.3 Å². The first-order valence-corrected chi connectivity index (χ1v) is 8.70. The summed E-state index contributed by atoms with van der Waals surface area (Å²) in [6.45, 7) is 0.216. The van der Waals surface area contributed by atoms with E-state index in [9.17, 15) is 4.79 Å². The van der Waals surface area contributed by atoms with Crippen molar-refractivity contribution in [2.75, 3.05) is 13.9 Å². The van der Waals surface area contributed by atoms with Crippen LogP contribution >= 0.6 is 23.6 Å². The van der Waals surface area contributed by atoms with Crippen LogP contribution in [0.4, 0.5) is 0 Å². The summed E-state index contributed by atoms with van der Waals surface area (Å²) < 4.78 is 17.8. The van der Waals surface area contributed by atoms with Crippen molar-refractivity contribution in [3.8, 4) is 33.4 Å². The van der Waals surface area contributed by atoms with E-state index in [-0.39, 0.29) is 12.4 Å². The highest BCUT2D eigenvalue weighted by molar-refractivity contribution is 7.73. The first-order valence-electron chi connectivity index (χ1n) is 7.47. The summed E-state index contributed by atoms with van der Waals surface area (Å²) in [5, 5.41) is 0. The third-order valence-corrected chi connectivity index (χ3v) is 5.21. The molecule has 0 spiro atoms. The Morgan fingerprint density at radius 2 is 1.84 bits per heavy atom. The minimum atomic E-state index is -0.179. The maximum Gasteiger partial charge on any atom is 0.258 e. The summed E-state index contributed by atoms with van der Waals surface area (Å²) in [5.74, 6) is 2.11. The predicted octanol–water partition coefficient (Wildman–Crippen LogP) is 4.03. The second-order valence-corrected chi connectivity index (χ2v) is 6.99. The van der Waals surface area contributed by atoms with Crippen LogP contribution in [-0.2, 0) is 0 Å². The van der Waals surface area contributed by atoms with E-state index in [1.165, 1.54) is 15.9 Å². The van der Waals surface area contributed by atoms with E-state index in [0.29, 0.717) is 21.1 Å². The fraction of sp³-hybridized carbons (Fsp3) is 0.111. The number of methoxy groups -OCH3 is 1. The predicted molar refractivity (Wildman–Crippen MR) is 98.9 cm³/mol. The molecular formula is C18H13NO4S2. The third-order valence-electron chi connectivity index (χ3n) is 3.84. The van der Waals surface area contributed by atoms with Crippen LogP contribution < -0.4 is 19.8 Å². The average molecular weight is 371 g/mol. The lowest BCUT2D eigenvalue weighted by molar-refractivity contribution is 0.174. The second kappa shape index (κ2) is 6.34. The van der Waals surface area contributed by atoms with Crippen LogP contribution in [0.25, 0.3) is 16.1 Å². The van der Waals surface area contributed by atoms with Gasteiger partial charge in [-0.25, -0.2) is 0 Å². The van der Waals surface area contributed by atoms with Crippen molar-refractivity contribution in [2.24, 2.45) is 0 Å². The zero-order valence-corrected chi connectivity index (χ0v) is 14.9. The molecule has 5 nitrogen and oxygen atoms in total. The average Bonchev–Trinajstić information content (AvgIpc) is 3.09. The summed E-state index contributed by atoms with van der Waals surface area (Å²) in [4.78, 5) is 13.4. The standard InChI is InChI=1S/C18H13NO4S2/c1-21-13-5-3-12(4-6-13)19-17(20)9-16(25-18(19)24)11-2-7-14-15(8-11)23-10-22-14/h2-9H,10H2,1H3. The molecule has 7 heteroatoms. The summed E-state index contributed by atoms with van der Waals surface area (Å²) in [7, 11) is 1.60. The Balaban J connectivity index is 1.78. The molecule has 1 aliphatic heterocycles. The van der Waals surface area contributed by atoms with Crippen molar-refractivity contribution in [2.45, 2.75) is 0 Å². The van der Waals surface area contributed by atoms with Gasteiger partial charge in [0.25, 0.3) is 5.56 Å². The summed E-state index contributed by atoms with van der Waals surface area (Å²) in [5.41, 5.74) is 1.41. The molecule has 0 saturated carbocycles. The Kier molecular flexibility index (Phi) is 4.03. The van der Waals surface area contributed by atoms with Crippen molar-refractivity contribution in [1.82, 2.24) is 4.57 Å². The number of rotatable bonds is 3. The highest BCUT2D eigenvalue weighted by Gasteiger charge is 2.15. The van der Waals surface area contributed by atoms with Gasteiger partial charge in [-0.1, -0.05) is 0 Å². The number of benzene rings is 2. The smallest absolute Gasteiger partial charge is 0.258 e. The highest BCUT2D eigenvalue weighted by Crippen LogP contribution is 2.36. The molecule has 0 amide bonds. The molecule has 4 rings (SSSR count). The Hall–Kier alpha value is -2.64. The molecule has 0 radical (unpaired) electrons. The van der Waals surface area contributed by atoms with Gasteiger partial charge in [-0.3, -0.25) is 9.36 Å². The summed E-state index contributed by atoms with van der Waals surface area (Å²) >= 11 is 6.84. The van der Waals surface area contributed by atoms with E-state index in [2.05, 4.69) is 0 Å². The van der Waals surface area contributed by atoms with Crippen LogP contribution in [0.3, 0.4) is 0 Å². The number of nitrogens with zero attached hydrogens (tertiary/aromatic N) is 1. The molecule has 0 aliphatic carbocycles. The number of fused-ring (bicyclic) bond motifs is 1. The Morgan fingerprint density at radius 1 is 1.08 bits per heavy atom. The van der Waals surface area contributed by atoms with Crippen LogP contribution in [-0.4, -0.2) is 18.5 Å². The molecule has 0 bridgehead atoms. The van der Waals surface area contributed by atoms with E-state index in [4.69, 9.17) is 26.4 Å². The first kappa shape index (κ1) is 15.9. The summed E-state index contributed by atoms with van der Waals surface area (Å²) in [6, 6.07) is 14.4. The molecule has 0 N–H and O–H groups in total. The first-order chi connectivity index (χ1) is 12.2. The largest absolute Gasteiger partial charge is 0.497 e. The van der Waals surface area contributed by atoms with Gasteiger partial charge in [0.2, 0.25) is 6.79 Å². The van der Waals surface area contributed by atoms with Gasteiger partial charge in [-0.05, 0) is 60.2 Å². The number of aromatic nitrogens is 1. The lowest BCUT2D eigenvalue weighted by atomic mass is 10.1. The molecule has 2 heterocycles. The SMILES string of the molecule is COc1ccc(-n2c(=O)cc(-c3ccc4c(c3)OCO4)sc2=S)cc1. The van der Waals surface area contributed by atoms with E-state index in [0.717, 1.165) is 16.2 Å². The highest BCUT2D eigenvalue weighted by atomic mass is 32.1. The molecule has 2 aromatic carbocycles. The quantitative estimate of drug-likeness (QED) is 0.651. The molecule has 25 heavy (non-hydrogen) atoms. The van der Waals surface area contributed by atoms with Gasteiger partial charge in [0.05, 0.1) is 12.8 Å². The molecule has 0 atom stereocenters. The van der Waals surface area contributed by atoms with Gasteiger partial charge in [0.15, 0.2) is 15.5 Å². The molecular weight excluding hydrogens is 358 g/mol. The van der Waals surface area contributed by atoms with Crippen LogP contribution in [0, 0.1) is 3.95 Å². The maximum atomic E-state index is 12.6. The van der Waals surface area contributed by atoms with Crippen LogP contribution in [0.2, 0.25) is 0 Å². The van der Waals surface area contributed by atoms with Crippen LogP contribution in [0.15, 0.2) is 53.3 Å². The Morgan fingerprint density at radius 3 is 2.56 bits per heavy atom. The molecule has 126 valence electrons. The van der Waals surface area contributed by atoms with E-state index >= 15 is 0 Å². The second-order valence-electron chi connectivity index (χ2n) is 5.32. The molecule has 0 unspecified atom stereocenters. The lowest BCUT2D eigenvalue weighted by Crippen LogP contribution is -2.17. The van der Waals surface area contributed by atoms with Gasteiger partial charge < -0.3 is 14.2 Å². The van der Waals surface area contributed by atoms with Crippen molar-refractivity contribution >= 4 is 23.6 Å². The van der Waals surface area contributed by atoms with Crippen LogP contribution in [0.5, 0.6) is 17.2 Å². The maximum absolute atomic E-state index is 12.6. The fourth-order valence-electron chi connectivity index (χ4n) is 2.59. The zero-order chi connectivity index (χ0) is 17.4. The topological polar surface area (TPSA) is 49.7 Å². The Labute approximate surface area is 152 Å². The minimum absolute atomic E-state index is 0.179. The monoisotopic (exact) mass is 371 g/mol. The molecule has 0 saturated heterocycles. The minimum Gasteiger partial charge on any atom is -0.497 e. The van der Waals surface area contributed by atoms with Crippen molar-refractivity contribution in [3.63, 3.8) is 0 Å². The molecule has 1 aromatic heterocycles. The van der Waals surface area contributed by atoms with E-state index in [1.54, 1.807) is 25.3 Å². The van der Waals surface area contributed by atoms with Crippen molar-refractivity contribution in [3.05, 3.63) is 62.8 Å². The normalized spacial score (nSPS) is 12.2. The molecule has 3 aromatic rings. The number of hydrogen-bond acceptors (Lipinski definition) is 6. The van der Waals surface area contributed by atoms with E-state index < -0.39 is 0 Å². The fourth-order valence-corrected chi connectivity index (χ4v) is 3.94. The lowest BCUT2D eigenvalue weighted by Gasteiger charge is -2.08. The summed E-state index contributed by atoms with van der Waals surface area (Å²) in [6.07, 6.45) is 0. The van der Waals surface area contributed by atoms with Crippen molar-refractivity contribution < 1.29 is 14.2 Å². The van der Waals surface area contributed by atoms with Crippen molar-refractivity contribution in [1.29, 1.82) is 0 Å². The van der Waals surface area contributed by atoms with Gasteiger partial charge in [0, 0.05) is 10.9 Å². The third kappa shape index (κ3) is 2.92. The number of hydrogen-bond donors (Lipinski definition) is 0. The number of ether oxygens (including phenoxy) is 3. The van der Waals surface area contributed by atoms with Gasteiger partial charge in [-0.2, -0.15) is 0 Å². The van der Waals surface area contributed by atoms with Gasteiger partial charge in [0.1, 0.15) is 5.75 Å². The molecule has 0 fully saturated rings. The molecule has 1 aliphatic rings. The Bertz CT molecular complexity index is 1020. The van der Waals surface area contributed by atoms with Crippen LogP contribution in [0.1, 0.15) is 0 Å².